The Labute approximate surface area is 127 Å². The molecular weight excluding hydrogens is 296 g/mol. The van der Waals surface area contributed by atoms with Crippen LogP contribution in [0.25, 0.3) is 0 Å². The zero-order chi connectivity index (χ0) is 17.4. The Kier molecular flexibility index (Phi) is 8.05. The Morgan fingerprint density at radius 3 is 1.59 bits per heavy atom. The normalized spacial score (nSPS) is 15.9. The van der Waals surface area contributed by atoms with Crippen LogP contribution in [0.2, 0.25) is 0 Å². The van der Waals surface area contributed by atoms with E-state index in [9.17, 15) is 19.2 Å². The quantitative estimate of drug-likeness (QED) is 0.275. The molecule has 4 atom stereocenters. The molecule has 0 aromatic rings. The lowest BCUT2D eigenvalue weighted by Gasteiger charge is -2.20. The van der Waals surface area contributed by atoms with E-state index in [-0.39, 0.29) is 0 Å². The predicted octanol–water partition coefficient (Wildman–Crippen LogP) is -3.10. The van der Waals surface area contributed by atoms with Gasteiger partial charge in [0.1, 0.15) is 24.2 Å². The van der Waals surface area contributed by atoms with E-state index < -0.39 is 54.5 Å². The van der Waals surface area contributed by atoms with Crippen molar-refractivity contribution in [3.63, 3.8) is 0 Å². The molecule has 4 unspecified atom stereocenters. The number of aliphatic hydroxyl groups excluding tert-OH is 1. The molecule has 0 aliphatic heterocycles. The van der Waals surface area contributed by atoms with Gasteiger partial charge in [0.25, 0.3) is 0 Å². The summed E-state index contributed by atoms with van der Waals surface area (Å²) in [5.74, 6) is -3.23. The number of aliphatic hydroxyl groups is 1. The van der Waals surface area contributed by atoms with Crippen molar-refractivity contribution in [3.05, 3.63) is 0 Å². The molecule has 0 aromatic carbocycles. The number of carboxylic acid groups (broad SMARTS) is 1. The maximum atomic E-state index is 11.8. The Bertz CT molecular complexity index is 441. The molecule has 0 saturated heterocycles. The average Bonchev–Trinajstić information content (AvgIpc) is 2.45. The molecule has 0 fully saturated rings. The lowest BCUT2D eigenvalue weighted by Crippen LogP contribution is -2.55. The summed E-state index contributed by atoms with van der Waals surface area (Å²) >= 11 is 0. The minimum Gasteiger partial charge on any atom is -0.480 e. The third-order valence-corrected chi connectivity index (χ3v) is 2.77. The van der Waals surface area contributed by atoms with Gasteiger partial charge in [-0.3, -0.25) is 19.2 Å². The molecule has 10 heteroatoms. The number of rotatable bonds is 8. The van der Waals surface area contributed by atoms with Crippen LogP contribution in [0.4, 0.5) is 0 Å². The maximum absolute atomic E-state index is 11.8. The Morgan fingerprint density at radius 2 is 1.23 bits per heavy atom. The minimum absolute atomic E-state index is 0.563. The molecule has 7 N–H and O–H groups in total. The zero-order valence-corrected chi connectivity index (χ0v) is 12.6. The van der Waals surface area contributed by atoms with Gasteiger partial charge in [0.15, 0.2) is 0 Å². The summed E-state index contributed by atoms with van der Waals surface area (Å²) in [6.07, 6.45) is 0. The van der Waals surface area contributed by atoms with Gasteiger partial charge in [-0.05, 0) is 20.8 Å². The van der Waals surface area contributed by atoms with E-state index in [0.29, 0.717) is 0 Å². The van der Waals surface area contributed by atoms with Gasteiger partial charge in [-0.15, -0.1) is 0 Å². The van der Waals surface area contributed by atoms with Crippen molar-refractivity contribution in [2.24, 2.45) is 5.73 Å². The largest absolute Gasteiger partial charge is 0.480 e. The SMILES string of the molecule is CC(NC(=O)C(C)NC(=O)C(C)NC(=O)C(N)CO)C(=O)O. The standard InChI is InChI=1S/C12H22N4O6/c1-5(10(19)16-7(3)12(21)22)14-9(18)6(2)15-11(20)8(13)4-17/h5-8,17H,4,13H2,1-3H3,(H,14,18)(H,15,20)(H,16,19)(H,21,22). The van der Waals surface area contributed by atoms with Crippen LogP contribution in [-0.2, 0) is 19.2 Å². The van der Waals surface area contributed by atoms with E-state index in [1.165, 1.54) is 20.8 Å². The first kappa shape index (κ1) is 19.8. The third kappa shape index (κ3) is 6.50. The monoisotopic (exact) mass is 318 g/mol. The molecule has 0 aliphatic carbocycles. The molecule has 0 aromatic heterocycles. The summed E-state index contributed by atoms with van der Waals surface area (Å²) in [5, 5.41) is 24.2. The Balaban J connectivity index is 4.42. The van der Waals surface area contributed by atoms with E-state index in [1.54, 1.807) is 0 Å². The third-order valence-electron chi connectivity index (χ3n) is 2.77. The fourth-order valence-electron chi connectivity index (χ4n) is 1.27. The summed E-state index contributed by atoms with van der Waals surface area (Å²) in [7, 11) is 0. The van der Waals surface area contributed by atoms with Crippen molar-refractivity contribution >= 4 is 23.7 Å². The number of aliphatic carboxylic acids is 1. The van der Waals surface area contributed by atoms with Crippen molar-refractivity contribution < 1.29 is 29.4 Å². The van der Waals surface area contributed by atoms with Gasteiger partial charge in [-0.2, -0.15) is 0 Å². The van der Waals surface area contributed by atoms with E-state index in [2.05, 4.69) is 16.0 Å². The number of carboxylic acids is 1. The second kappa shape index (κ2) is 8.95. The van der Waals surface area contributed by atoms with Crippen LogP contribution in [-0.4, -0.2) is 64.7 Å². The van der Waals surface area contributed by atoms with Crippen LogP contribution in [0.3, 0.4) is 0 Å². The molecule has 0 aliphatic rings. The molecule has 0 radical (unpaired) electrons. The topological polar surface area (TPSA) is 171 Å². The van der Waals surface area contributed by atoms with Crippen LogP contribution in [0.1, 0.15) is 20.8 Å². The molecule has 22 heavy (non-hydrogen) atoms. The summed E-state index contributed by atoms with van der Waals surface area (Å²) in [6.45, 7) is 3.47. The average molecular weight is 318 g/mol. The summed E-state index contributed by atoms with van der Waals surface area (Å²) in [5.41, 5.74) is 5.28. The van der Waals surface area contributed by atoms with Crippen molar-refractivity contribution in [3.8, 4) is 0 Å². The first-order valence-corrected chi connectivity index (χ1v) is 6.60. The van der Waals surface area contributed by atoms with Crippen molar-refractivity contribution in [1.29, 1.82) is 0 Å². The Morgan fingerprint density at radius 1 is 0.864 bits per heavy atom. The van der Waals surface area contributed by atoms with E-state index in [0.717, 1.165) is 0 Å². The minimum atomic E-state index is -1.20. The summed E-state index contributed by atoms with van der Waals surface area (Å²) in [4.78, 5) is 45.5. The number of carbonyl (C=O) groups excluding carboxylic acids is 3. The molecule has 0 saturated carbocycles. The molecular formula is C12H22N4O6. The van der Waals surface area contributed by atoms with E-state index in [4.69, 9.17) is 15.9 Å². The lowest BCUT2D eigenvalue weighted by molar-refractivity contribution is -0.141. The summed E-state index contributed by atoms with van der Waals surface area (Å²) < 4.78 is 0. The van der Waals surface area contributed by atoms with Crippen LogP contribution < -0.4 is 21.7 Å². The number of nitrogens with two attached hydrogens (primary N) is 1. The first-order chi connectivity index (χ1) is 10.1. The smallest absolute Gasteiger partial charge is 0.325 e. The fraction of sp³-hybridized carbons (Fsp3) is 0.667. The highest BCUT2D eigenvalue weighted by atomic mass is 16.4. The fourth-order valence-corrected chi connectivity index (χ4v) is 1.27. The second-order valence-electron chi connectivity index (χ2n) is 4.82. The zero-order valence-electron chi connectivity index (χ0n) is 12.6. The second-order valence-corrected chi connectivity index (χ2v) is 4.82. The van der Waals surface area contributed by atoms with Crippen LogP contribution >= 0.6 is 0 Å². The van der Waals surface area contributed by atoms with Gasteiger partial charge >= 0.3 is 5.97 Å². The van der Waals surface area contributed by atoms with Crippen molar-refractivity contribution in [2.75, 3.05) is 6.61 Å². The van der Waals surface area contributed by atoms with Gasteiger partial charge < -0.3 is 31.9 Å². The molecule has 10 nitrogen and oxygen atoms in total. The molecule has 126 valence electrons. The predicted molar refractivity (Wildman–Crippen MR) is 75.5 cm³/mol. The Hall–Kier alpha value is -2.20. The van der Waals surface area contributed by atoms with Crippen LogP contribution in [0.15, 0.2) is 0 Å². The number of nitrogens with one attached hydrogen (secondary N) is 3. The number of amides is 3. The highest BCUT2D eigenvalue weighted by Gasteiger charge is 2.24. The van der Waals surface area contributed by atoms with Crippen LogP contribution in [0.5, 0.6) is 0 Å². The lowest BCUT2D eigenvalue weighted by atomic mass is 10.2. The van der Waals surface area contributed by atoms with Gasteiger partial charge in [0.05, 0.1) is 6.61 Å². The molecule has 0 heterocycles. The molecule has 0 bridgehead atoms. The highest BCUT2D eigenvalue weighted by Crippen LogP contribution is 1.91. The highest BCUT2D eigenvalue weighted by molar-refractivity contribution is 5.93. The van der Waals surface area contributed by atoms with E-state index >= 15 is 0 Å². The van der Waals surface area contributed by atoms with Gasteiger partial charge in [-0.25, -0.2) is 0 Å². The molecule has 0 rings (SSSR count). The number of hydrogen-bond acceptors (Lipinski definition) is 6. The number of hydrogen-bond donors (Lipinski definition) is 6. The molecule has 0 spiro atoms. The van der Waals surface area contributed by atoms with Crippen molar-refractivity contribution in [1.82, 2.24) is 16.0 Å². The van der Waals surface area contributed by atoms with E-state index in [1.807, 2.05) is 0 Å². The maximum Gasteiger partial charge on any atom is 0.325 e. The number of carbonyl (C=O) groups is 4. The van der Waals surface area contributed by atoms with Crippen molar-refractivity contribution in [2.45, 2.75) is 44.9 Å². The van der Waals surface area contributed by atoms with Crippen LogP contribution in [0, 0.1) is 0 Å². The first-order valence-electron chi connectivity index (χ1n) is 6.60. The molecule has 3 amide bonds. The van der Waals surface area contributed by atoms with Gasteiger partial charge in [-0.1, -0.05) is 0 Å². The summed E-state index contributed by atoms with van der Waals surface area (Å²) in [6, 6.07) is -4.20. The van der Waals surface area contributed by atoms with Gasteiger partial charge in [0, 0.05) is 0 Å². The van der Waals surface area contributed by atoms with Gasteiger partial charge in [0.2, 0.25) is 17.7 Å².